The molecule has 2 N–H and O–H groups in total. The highest BCUT2D eigenvalue weighted by atomic mass is 127. The van der Waals surface area contributed by atoms with Crippen molar-refractivity contribution in [1.29, 1.82) is 0 Å². The maximum absolute atomic E-state index is 13.6. The minimum atomic E-state index is -0.279. The number of nitrogens with zero attached hydrogens (tertiary/aromatic N) is 1. The molecule has 1 aromatic rings. The average molecular weight is 439 g/mol. The van der Waals surface area contributed by atoms with Gasteiger partial charge in [0.1, 0.15) is 5.82 Å². The van der Waals surface area contributed by atoms with Crippen LogP contribution in [0.3, 0.4) is 0 Å². The summed E-state index contributed by atoms with van der Waals surface area (Å²) in [6.07, 6.45) is 0. The Kier molecular flexibility index (Phi) is 10.3. The van der Waals surface area contributed by atoms with Crippen LogP contribution in [-0.2, 0) is 22.6 Å². The van der Waals surface area contributed by atoms with E-state index in [-0.39, 0.29) is 42.0 Å². The van der Waals surface area contributed by atoms with Gasteiger partial charge in [-0.2, -0.15) is 0 Å². The van der Waals surface area contributed by atoms with E-state index < -0.39 is 0 Å². The number of hydrogen-bond acceptors (Lipinski definition) is 3. The second kappa shape index (κ2) is 10.8. The Morgan fingerprint density at radius 1 is 1.26 bits per heavy atom. The summed E-state index contributed by atoms with van der Waals surface area (Å²) in [6, 6.07) is 4.99. The molecule has 0 bridgehead atoms. The molecular weight excluding hydrogens is 412 g/mol. The number of nitrogens with one attached hydrogen (secondary N) is 2. The summed E-state index contributed by atoms with van der Waals surface area (Å²) >= 11 is 0. The lowest BCUT2D eigenvalue weighted by Gasteiger charge is -2.24. The summed E-state index contributed by atoms with van der Waals surface area (Å²) in [5, 5.41) is 6.39. The molecule has 0 aliphatic carbocycles. The number of methoxy groups -OCH3 is 2. The monoisotopic (exact) mass is 439 g/mol. The normalized spacial score (nSPS) is 11.8. The van der Waals surface area contributed by atoms with E-state index in [1.54, 1.807) is 33.4 Å². The van der Waals surface area contributed by atoms with Crippen LogP contribution in [0.15, 0.2) is 23.2 Å². The number of ether oxygens (including phenoxy) is 2. The van der Waals surface area contributed by atoms with Crippen LogP contribution >= 0.6 is 24.0 Å². The van der Waals surface area contributed by atoms with E-state index in [0.717, 1.165) is 5.56 Å². The van der Waals surface area contributed by atoms with Gasteiger partial charge < -0.3 is 20.1 Å². The van der Waals surface area contributed by atoms with Crippen molar-refractivity contribution in [3.05, 3.63) is 35.1 Å². The Bertz CT molecular complexity index is 510. The zero-order chi connectivity index (χ0) is 16.6. The summed E-state index contributed by atoms with van der Waals surface area (Å²) in [5.74, 6) is 0.415. The zero-order valence-corrected chi connectivity index (χ0v) is 16.7. The fourth-order valence-corrected chi connectivity index (χ4v) is 1.78. The van der Waals surface area contributed by atoms with E-state index in [2.05, 4.69) is 15.6 Å². The Balaban J connectivity index is 0.00000484. The van der Waals surface area contributed by atoms with Crippen molar-refractivity contribution in [2.24, 2.45) is 4.99 Å². The van der Waals surface area contributed by atoms with Crippen LogP contribution in [0.4, 0.5) is 4.39 Å². The van der Waals surface area contributed by atoms with E-state index in [0.29, 0.717) is 24.6 Å². The molecule has 1 rings (SSSR count). The van der Waals surface area contributed by atoms with Gasteiger partial charge in [-0.3, -0.25) is 4.99 Å². The van der Waals surface area contributed by atoms with E-state index in [1.807, 2.05) is 13.8 Å². The van der Waals surface area contributed by atoms with Crippen molar-refractivity contribution < 1.29 is 13.9 Å². The summed E-state index contributed by atoms with van der Waals surface area (Å²) < 4.78 is 23.9. The predicted octanol–water partition coefficient (Wildman–Crippen LogP) is 2.68. The lowest BCUT2D eigenvalue weighted by molar-refractivity contribution is 0.0268. The van der Waals surface area contributed by atoms with Crippen LogP contribution in [-0.4, -0.2) is 39.4 Å². The van der Waals surface area contributed by atoms with Gasteiger partial charge in [0.25, 0.3) is 0 Å². The maximum Gasteiger partial charge on any atom is 0.191 e. The van der Waals surface area contributed by atoms with Crippen LogP contribution in [0.2, 0.25) is 0 Å². The first-order chi connectivity index (χ1) is 10.4. The standard InChI is InChI=1S/C16H26FN3O2.HI/c1-16(2,22-5)11-20-15(18-3)19-9-12-6-7-14(17)13(8-12)10-21-4;/h6-8H,9-11H2,1-5H3,(H2,18,19,20);1H. The van der Waals surface area contributed by atoms with E-state index in [1.165, 1.54) is 6.07 Å². The molecule has 23 heavy (non-hydrogen) atoms. The molecule has 0 aliphatic rings. The summed E-state index contributed by atoms with van der Waals surface area (Å²) in [6.45, 7) is 5.41. The average Bonchev–Trinajstić information content (AvgIpc) is 2.50. The Labute approximate surface area is 155 Å². The quantitative estimate of drug-likeness (QED) is 0.390. The Morgan fingerprint density at radius 3 is 2.52 bits per heavy atom. The first kappa shape index (κ1) is 22.1. The van der Waals surface area contributed by atoms with E-state index in [9.17, 15) is 4.39 Å². The highest BCUT2D eigenvalue weighted by molar-refractivity contribution is 14.0. The molecular formula is C16H27FIN3O2. The highest BCUT2D eigenvalue weighted by Gasteiger charge is 2.16. The van der Waals surface area contributed by atoms with Gasteiger partial charge in [-0.1, -0.05) is 6.07 Å². The molecule has 1 aromatic carbocycles. The number of halogens is 2. The molecule has 0 saturated heterocycles. The van der Waals surface area contributed by atoms with Crippen LogP contribution in [0.25, 0.3) is 0 Å². The van der Waals surface area contributed by atoms with Gasteiger partial charge in [0.05, 0.1) is 12.2 Å². The van der Waals surface area contributed by atoms with E-state index in [4.69, 9.17) is 9.47 Å². The number of rotatable bonds is 7. The lowest BCUT2D eigenvalue weighted by Crippen LogP contribution is -2.45. The molecule has 0 heterocycles. The van der Waals surface area contributed by atoms with Crippen LogP contribution in [0.5, 0.6) is 0 Å². The van der Waals surface area contributed by atoms with Crippen molar-refractivity contribution in [3.63, 3.8) is 0 Å². The first-order valence-electron chi connectivity index (χ1n) is 7.17. The third-order valence-electron chi connectivity index (χ3n) is 3.33. The lowest BCUT2D eigenvalue weighted by atomic mass is 10.1. The topological polar surface area (TPSA) is 54.9 Å². The molecule has 0 spiro atoms. The third-order valence-corrected chi connectivity index (χ3v) is 3.33. The fourth-order valence-electron chi connectivity index (χ4n) is 1.78. The fraction of sp³-hybridized carbons (Fsp3) is 0.562. The molecule has 5 nitrogen and oxygen atoms in total. The molecule has 0 aromatic heterocycles. The predicted molar refractivity (Wildman–Crippen MR) is 102 cm³/mol. The van der Waals surface area contributed by atoms with Gasteiger partial charge >= 0.3 is 0 Å². The molecule has 132 valence electrons. The van der Waals surface area contributed by atoms with Gasteiger partial charge in [0, 0.05) is 39.9 Å². The SMILES string of the molecule is CN=C(NCc1ccc(F)c(COC)c1)NCC(C)(C)OC.I. The minimum absolute atomic E-state index is 0. The third kappa shape index (κ3) is 7.94. The molecule has 0 aliphatic heterocycles. The molecule has 0 amide bonds. The number of benzene rings is 1. The molecule has 0 saturated carbocycles. The van der Waals surface area contributed by atoms with Crippen LogP contribution in [0.1, 0.15) is 25.0 Å². The van der Waals surface area contributed by atoms with Crippen molar-refractivity contribution in [3.8, 4) is 0 Å². The number of aliphatic imine (C=N–C) groups is 1. The van der Waals surface area contributed by atoms with Crippen LogP contribution < -0.4 is 10.6 Å². The minimum Gasteiger partial charge on any atom is -0.380 e. The van der Waals surface area contributed by atoms with Crippen molar-refractivity contribution in [2.75, 3.05) is 27.8 Å². The van der Waals surface area contributed by atoms with Gasteiger partial charge in [-0.05, 0) is 31.5 Å². The maximum atomic E-state index is 13.6. The van der Waals surface area contributed by atoms with Gasteiger partial charge in [-0.25, -0.2) is 4.39 Å². The Hall–Kier alpha value is -0.930. The molecule has 0 radical (unpaired) electrons. The highest BCUT2D eigenvalue weighted by Crippen LogP contribution is 2.11. The van der Waals surface area contributed by atoms with Gasteiger partial charge in [0.2, 0.25) is 0 Å². The van der Waals surface area contributed by atoms with Gasteiger partial charge in [0.15, 0.2) is 5.96 Å². The summed E-state index contributed by atoms with van der Waals surface area (Å²) in [5.41, 5.74) is 1.23. The van der Waals surface area contributed by atoms with Gasteiger partial charge in [-0.15, -0.1) is 24.0 Å². The smallest absolute Gasteiger partial charge is 0.191 e. The van der Waals surface area contributed by atoms with Crippen LogP contribution in [0, 0.1) is 5.82 Å². The van der Waals surface area contributed by atoms with Crippen molar-refractivity contribution in [2.45, 2.75) is 32.6 Å². The number of hydrogen-bond donors (Lipinski definition) is 2. The second-order valence-electron chi connectivity index (χ2n) is 5.60. The van der Waals surface area contributed by atoms with E-state index >= 15 is 0 Å². The van der Waals surface area contributed by atoms with Crippen molar-refractivity contribution >= 4 is 29.9 Å². The van der Waals surface area contributed by atoms with Crippen molar-refractivity contribution in [1.82, 2.24) is 10.6 Å². The number of guanidine groups is 1. The first-order valence-corrected chi connectivity index (χ1v) is 7.17. The summed E-state index contributed by atoms with van der Waals surface area (Å²) in [7, 11) is 4.93. The zero-order valence-electron chi connectivity index (χ0n) is 14.4. The molecule has 7 heteroatoms. The molecule has 0 fully saturated rings. The molecule has 0 unspecified atom stereocenters. The largest absolute Gasteiger partial charge is 0.380 e. The molecule has 0 atom stereocenters. The summed E-state index contributed by atoms with van der Waals surface area (Å²) in [4.78, 5) is 4.16. The Morgan fingerprint density at radius 2 is 1.96 bits per heavy atom. The second-order valence-corrected chi connectivity index (χ2v) is 5.60.